The Bertz CT molecular complexity index is 689. The van der Waals surface area contributed by atoms with Crippen molar-refractivity contribution in [3.8, 4) is 6.07 Å². The summed E-state index contributed by atoms with van der Waals surface area (Å²) >= 11 is 7.09. The van der Waals surface area contributed by atoms with E-state index in [0.717, 1.165) is 24.4 Å². The molecule has 1 saturated heterocycles. The minimum absolute atomic E-state index is 0.186. The zero-order chi connectivity index (χ0) is 15.5. The van der Waals surface area contributed by atoms with Crippen molar-refractivity contribution in [2.75, 3.05) is 18.5 Å². The van der Waals surface area contributed by atoms with Crippen LogP contribution < -0.4 is 5.32 Å². The lowest BCUT2D eigenvalue weighted by atomic mass is 9.91. The quantitative estimate of drug-likeness (QED) is 0.914. The molecule has 2 aromatic rings. The SMILES string of the molecule is Cc1noc([C@@H](Nc2snc(Cl)c2C#N)C2CCOCC2)n1. The van der Waals surface area contributed by atoms with Gasteiger partial charge in [0.25, 0.3) is 0 Å². The number of hydrogen-bond donors (Lipinski definition) is 1. The molecule has 3 heterocycles. The van der Waals surface area contributed by atoms with Crippen molar-refractivity contribution in [2.45, 2.75) is 25.8 Å². The third-order valence-electron chi connectivity index (χ3n) is 3.60. The minimum Gasteiger partial charge on any atom is -0.381 e. The van der Waals surface area contributed by atoms with Gasteiger partial charge in [-0.15, -0.1) is 0 Å². The van der Waals surface area contributed by atoms with Crippen LogP contribution in [0.2, 0.25) is 5.15 Å². The van der Waals surface area contributed by atoms with Crippen LogP contribution in [-0.2, 0) is 4.74 Å². The molecule has 1 fully saturated rings. The summed E-state index contributed by atoms with van der Waals surface area (Å²) in [7, 11) is 0. The fourth-order valence-electron chi connectivity index (χ4n) is 2.48. The van der Waals surface area contributed by atoms with Gasteiger partial charge in [-0.05, 0) is 37.2 Å². The molecule has 1 N–H and O–H groups in total. The molecule has 22 heavy (non-hydrogen) atoms. The molecule has 0 unspecified atom stereocenters. The van der Waals surface area contributed by atoms with Crippen molar-refractivity contribution in [1.29, 1.82) is 5.26 Å². The fraction of sp³-hybridized carbons (Fsp3) is 0.538. The van der Waals surface area contributed by atoms with Crippen LogP contribution in [0.15, 0.2) is 4.52 Å². The topological polar surface area (TPSA) is 96.9 Å². The molecule has 0 bridgehead atoms. The molecule has 0 saturated carbocycles. The number of nitrogens with zero attached hydrogens (tertiary/aromatic N) is 4. The minimum atomic E-state index is -0.186. The maximum atomic E-state index is 9.21. The van der Waals surface area contributed by atoms with Gasteiger partial charge in [0.1, 0.15) is 22.7 Å². The third-order valence-corrected chi connectivity index (χ3v) is 4.75. The molecular weight excluding hydrogens is 326 g/mol. The maximum Gasteiger partial charge on any atom is 0.249 e. The normalized spacial score (nSPS) is 17.1. The summed E-state index contributed by atoms with van der Waals surface area (Å²) in [6.07, 6.45) is 1.76. The summed E-state index contributed by atoms with van der Waals surface area (Å²) in [4.78, 5) is 4.33. The summed E-state index contributed by atoms with van der Waals surface area (Å²) in [6, 6.07) is 1.88. The first kappa shape index (κ1) is 15.2. The Balaban J connectivity index is 1.89. The van der Waals surface area contributed by atoms with E-state index >= 15 is 0 Å². The van der Waals surface area contributed by atoms with E-state index in [-0.39, 0.29) is 17.1 Å². The molecule has 0 aromatic carbocycles. The molecule has 0 spiro atoms. The van der Waals surface area contributed by atoms with E-state index < -0.39 is 0 Å². The Kier molecular flexibility index (Phi) is 4.57. The van der Waals surface area contributed by atoms with Crippen molar-refractivity contribution in [3.05, 3.63) is 22.4 Å². The largest absolute Gasteiger partial charge is 0.381 e. The summed E-state index contributed by atoms with van der Waals surface area (Å²) in [5.41, 5.74) is 0.347. The Hall–Kier alpha value is -1.69. The molecule has 2 aromatic heterocycles. The van der Waals surface area contributed by atoms with Crippen LogP contribution in [0, 0.1) is 24.2 Å². The molecule has 1 atom stereocenters. The lowest BCUT2D eigenvalue weighted by Gasteiger charge is -2.28. The Morgan fingerprint density at radius 3 is 2.86 bits per heavy atom. The number of aromatic nitrogens is 3. The monoisotopic (exact) mass is 339 g/mol. The third kappa shape index (κ3) is 3.06. The summed E-state index contributed by atoms with van der Waals surface area (Å²) in [5.74, 6) is 1.37. The van der Waals surface area contributed by atoms with E-state index in [1.165, 1.54) is 0 Å². The van der Waals surface area contributed by atoms with Crippen LogP contribution in [0.25, 0.3) is 0 Å². The second kappa shape index (κ2) is 6.60. The van der Waals surface area contributed by atoms with Crippen molar-refractivity contribution < 1.29 is 9.26 Å². The second-order valence-corrected chi connectivity index (χ2v) is 6.17. The van der Waals surface area contributed by atoms with Gasteiger partial charge in [-0.25, -0.2) is 0 Å². The highest BCUT2D eigenvalue weighted by molar-refractivity contribution is 7.10. The number of ether oxygens (including phenoxy) is 1. The molecule has 3 rings (SSSR count). The van der Waals surface area contributed by atoms with Crippen LogP contribution in [0.3, 0.4) is 0 Å². The highest BCUT2D eigenvalue weighted by atomic mass is 35.5. The summed E-state index contributed by atoms with van der Waals surface area (Å²) < 4.78 is 14.8. The lowest BCUT2D eigenvalue weighted by molar-refractivity contribution is 0.0571. The summed E-state index contributed by atoms with van der Waals surface area (Å²) in [6.45, 7) is 3.17. The van der Waals surface area contributed by atoms with Gasteiger partial charge in [0, 0.05) is 13.2 Å². The standard InChI is InChI=1S/C13H14ClN5O2S/c1-7-16-12(21-18-7)10(8-2-4-20-5-3-8)17-13-9(6-15)11(14)19-22-13/h8,10,17H,2-5H2,1H3/t10-/m0/s1. The second-order valence-electron chi connectivity index (χ2n) is 5.04. The molecule has 9 heteroatoms. The number of nitrogens with one attached hydrogen (secondary N) is 1. The Labute approximate surface area is 136 Å². The van der Waals surface area contributed by atoms with E-state index in [1.54, 1.807) is 6.92 Å². The fourth-order valence-corrected chi connectivity index (χ4v) is 3.45. The van der Waals surface area contributed by atoms with E-state index in [1.807, 2.05) is 0 Å². The summed E-state index contributed by atoms with van der Waals surface area (Å²) in [5, 5.41) is 17.2. The highest BCUT2D eigenvalue weighted by Gasteiger charge is 2.31. The van der Waals surface area contributed by atoms with Crippen molar-refractivity contribution in [1.82, 2.24) is 14.5 Å². The van der Waals surface area contributed by atoms with Crippen LogP contribution in [0.1, 0.15) is 36.2 Å². The average molecular weight is 340 g/mol. The smallest absolute Gasteiger partial charge is 0.249 e. The zero-order valence-electron chi connectivity index (χ0n) is 11.9. The van der Waals surface area contributed by atoms with Crippen molar-refractivity contribution in [3.63, 3.8) is 0 Å². The molecule has 0 aliphatic carbocycles. The number of aryl methyl sites for hydroxylation is 1. The van der Waals surface area contributed by atoms with Crippen LogP contribution in [-0.4, -0.2) is 27.7 Å². The molecule has 7 nitrogen and oxygen atoms in total. The number of rotatable bonds is 4. The number of hydrogen-bond acceptors (Lipinski definition) is 8. The van der Waals surface area contributed by atoms with Gasteiger partial charge >= 0.3 is 0 Å². The molecule has 1 aliphatic rings. The Morgan fingerprint density at radius 1 is 1.45 bits per heavy atom. The number of nitriles is 1. The first-order valence-corrected chi connectivity index (χ1v) is 8.04. The van der Waals surface area contributed by atoms with Crippen LogP contribution in [0.5, 0.6) is 0 Å². The maximum absolute atomic E-state index is 9.21. The number of halogens is 1. The first-order valence-electron chi connectivity index (χ1n) is 6.88. The highest BCUT2D eigenvalue weighted by Crippen LogP contribution is 2.36. The first-order chi connectivity index (χ1) is 10.7. The van der Waals surface area contributed by atoms with Gasteiger partial charge in [0.15, 0.2) is 11.0 Å². The molecular formula is C13H14ClN5O2S. The average Bonchev–Trinajstić information content (AvgIpc) is 3.11. The van der Waals surface area contributed by atoms with Crippen LogP contribution >= 0.6 is 23.1 Å². The predicted molar refractivity (Wildman–Crippen MR) is 80.8 cm³/mol. The predicted octanol–water partition coefficient (Wildman–Crippen LogP) is 2.94. The van der Waals surface area contributed by atoms with Crippen molar-refractivity contribution >= 4 is 28.1 Å². The lowest BCUT2D eigenvalue weighted by Crippen LogP contribution is -2.27. The molecule has 0 amide bonds. The van der Waals surface area contributed by atoms with Gasteiger partial charge in [-0.3, -0.25) is 0 Å². The van der Waals surface area contributed by atoms with Crippen LogP contribution in [0.4, 0.5) is 5.00 Å². The van der Waals surface area contributed by atoms with Gasteiger partial charge in [-0.2, -0.15) is 14.6 Å². The number of anilines is 1. The van der Waals surface area contributed by atoms with Gasteiger partial charge < -0.3 is 14.6 Å². The van der Waals surface area contributed by atoms with E-state index in [2.05, 4.69) is 25.9 Å². The van der Waals surface area contributed by atoms with Gasteiger partial charge in [0.2, 0.25) is 5.89 Å². The molecule has 116 valence electrons. The Morgan fingerprint density at radius 2 is 2.23 bits per heavy atom. The van der Waals surface area contributed by atoms with Gasteiger partial charge in [0.05, 0.1) is 0 Å². The molecule has 1 aliphatic heterocycles. The van der Waals surface area contributed by atoms with E-state index in [9.17, 15) is 5.26 Å². The van der Waals surface area contributed by atoms with E-state index in [4.69, 9.17) is 20.9 Å². The van der Waals surface area contributed by atoms with E-state index in [0.29, 0.717) is 35.5 Å². The van der Waals surface area contributed by atoms with Gasteiger partial charge in [-0.1, -0.05) is 16.8 Å². The van der Waals surface area contributed by atoms with Crippen molar-refractivity contribution in [2.24, 2.45) is 5.92 Å². The zero-order valence-corrected chi connectivity index (χ0v) is 13.4. The molecule has 0 radical (unpaired) electrons.